The predicted octanol–water partition coefficient (Wildman–Crippen LogP) is 3.13. The Morgan fingerprint density at radius 2 is 1.50 bits per heavy atom. The Kier molecular flexibility index (Phi) is 3.21. The summed E-state index contributed by atoms with van der Waals surface area (Å²) in [5.74, 6) is 0. The number of hydrogen-bond acceptors (Lipinski definition) is 3. The van der Waals surface area contributed by atoms with Crippen LogP contribution in [-0.4, -0.2) is 29.1 Å². The van der Waals surface area contributed by atoms with Gasteiger partial charge in [0, 0.05) is 19.8 Å². The van der Waals surface area contributed by atoms with Gasteiger partial charge in [-0.25, -0.2) is 0 Å². The van der Waals surface area contributed by atoms with Gasteiger partial charge in [0.1, 0.15) is 11.0 Å². The molecule has 1 heterocycles. The molecule has 0 aliphatic heterocycles. The molecule has 0 aliphatic carbocycles. The highest BCUT2D eigenvalue weighted by atomic mass is 15.5. The van der Waals surface area contributed by atoms with Gasteiger partial charge in [0.15, 0.2) is 0 Å². The molecule has 3 rings (SSSR count). The highest BCUT2D eigenvalue weighted by molar-refractivity contribution is 5.74. The van der Waals surface area contributed by atoms with Crippen molar-refractivity contribution < 1.29 is 0 Å². The van der Waals surface area contributed by atoms with E-state index in [1.54, 1.807) is 4.80 Å². The third-order valence-electron chi connectivity index (χ3n) is 3.11. The molecule has 4 heteroatoms. The zero-order valence-corrected chi connectivity index (χ0v) is 11.6. The van der Waals surface area contributed by atoms with Crippen LogP contribution in [0.5, 0.6) is 0 Å². The minimum Gasteiger partial charge on any atom is -0.378 e. The predicted molar refractivity (Wildman–Crippen MR) is 83.5 cm³/mol. The monoisotopic (exact) mass is 264 g/mol. The molecule has 2 aromatic carbocycles. The summed E-state index contributed by atoms with van der Waals surface area (Å²) in [5, 5.41) is 8.77. The van der Waals surface area contributed by atoms with Crippen molar-refractivity contribution in [1.29, 1.82) is 0 Å². The van der Waals surface area contributed by atoms with Crippen molar-refractivity contribution in [2.45, 2.75) is 0 Å². The van der Waals surface area contributed by atoms with Gasteiger partial charge in [0.05, 0.1) is 6.20 Å². The van der Waals surface area contributed by atoms with Crippen LogP contribution in [0.3, 0.4) is 0 Å². The number of fused-ring (bicyclic) bond motifs is 1. The minimum absolute atomic E-state index is 0.903. The zero-order chi connectivity index (χ0) is 13.9. The van der Waals surface area contributed by atoms with Crippen LogP contribution >= 0.6 is 0 Å². The fourth-order valence-electron chi connectivity index (χ4n) is 1.98. The van der Waals surface area contributed by atoms with Gasteiger partial charge in [-0.2, -0.15) is 4.80 Å². The maximum Gasteiger partial charge on any atom is 0.113 e. The number of aromatic nitrogens is 3. The van der Waals surface area contributed by atoms with Crippen molar-refractivity contribution >= 4 is 29.0 Å². The second-order valence-corrected chi connectivity index (χ2v) is 4.81. The molecule has 0 fully saturated rings. The van der Waals surface area contributed by atoms with E-state index in [-0.39, 0.29) is 0 Å². The van der Waals surface area contributed by atoms with E-state index in [1.807, 2.05) is 50.6 Å². The Balaban J connectivity index is 1.82. The first-order chi connectivity index (χ1) is 9.72. The Morgan fingerprint density at radius 3 is 2.05 bits per heavy atom. The van der Waals surface area contributed by atoms with Gasteiger partial charge < -0.3 is 4.90 Å². The third-order valence-corrected chi connectivity index (χ3v) is 3.11. The van der Waals surface area contributed by atoms with E-state index in [4.69, 9.17) is 0 Å². The molecule has 0 bridgehead atoms. The van der Waals surface area contributed by atoms with Gasteiger partial charge in [-0.05, 0) is 35.9 Å². The van der Waals surface area contributed by atoms with Crippen LogP contribution in [0.15, 0.2) is 48.5 Å². The van der Waals surface area contributed by atoms with Crippen molar-refractivity contribution in [1.82, 2.24) is 15.0 Å². The molecule has 4 nitrogen and oxygen atoms in total. The molecule has 0 amide bonds. The maximum absolute atomic E-state index is 4.38. The summed E-state index contributed by atoms with van der Waals surface area (Å²) in [7, 11) is 4.06. The molecule has 0 aliphatic rings. The third kappa shape index (κ3) is 2.54. The van der Waals surface area contributed by atoms with E-state index in [2.05, 4.69) is 39.4 Å². The molecule has 0 spiro atoms. The molecular weight excluding hydrogens is 248 g/mol. The van der Waals surface area contributed by atoms with Gasteiger partial charge in [-0.15, -0.1) is 10.2 Å². The van der Waals surface area contributed by atoms with Gasteiger partial charge >= 0.3 is 0 Å². The normalized spacial score (nSPS) is 11.3. The molecule has 0 saturated carbocycles. The van der Waals surface area contributed by atoms with Crippen LogP contribution in [0.2, 0.25) is 0 Å². The first kappa shape index (κ1) is 12.4. The summed E-state index contributed by atoms with van der Waals surface area (Å²) in [6.45, 7) is 0. The quantitative estimate of drug-likeness (QED) is 0.729. The van der Waals surface area contributed by atoms with Crippen LogP contribution in [0.25, 0.3) is 23.3 Å². The Bertz CT molecular complexity index is 706. The summed E-state index contributed by atoms with van der Waals surface area (Å²) in [4.78, 5) is 3.68. The van der Waals surface area contributed by atoms with E-state index < -0.39 is 0 Å². The van der Waals surface area contributed by atoms with Crippen LogP contribution < -0.4 is 4.90 Å². The SMILES string of the molecule is CN(C)c1ccc(C=Cn2nc3ccccc3n2)cc1. The van der Waals surface area contributed by atoms with Crippen LogP contribution in [0, 0.1) is 0 Å². The fourth-order valence-corrected chi connectivity index (χ4v) is 1.98. The van der Waals surface area contributed by atoms with Crippen molar-refractivity contribution in [3.63, 3.8) is 0 Å². The van der Waals surface area contributed by atoms with Gasteiger partial charge in [-0.3, -0.25) is 0 Å². The van der Waals surface area contributed by atoms with Gasteiger partial charge in [0.25, 0.3) is 0 Å². The van der Waals surface area contributed by atoms with Crippen molar-refractivity contribution in [2.75, 3.05) is 19.0 Å². The van der Waals surface area contributed by atoms with E-state index in [0.29, 0.717) is 0 Å². The molecule has 0 atom stereocenters. The number of rotatable bonds is 3. The molecule has 1 aromatic heterocycles. The topological polar surface area (TPSA) is 34.0 Å². The van der Waals surface area contributed by atoms with Crippen LogP contribution in [0.1, 0.15) is 5.56 Å². The number of anilines is 1. The lowest BCUT2D eigenvalue weighted by Crippen LogP contribution is -2.07. The molecule has 100 valence electrons. The standard InChI is InChI=1S/C16H16N4/c1-19(2)14-9-7-13(8-10-14)11-12-20-17-15-5-3-4-6-16(15)18-20/h3-12H,1-2H3. The number of hydrogen-bond donors (Lipinski definition) is 0. The van der Waals surface area contributed by atoms with Crippen molar-refractivity contribution in [2.24, 2.45) is 0 Å². The average Bonchev–Trinajstić information content (AvgIpc) is 2.88. The summed E-state index contributed by atoms with van der Waals surface area (Å²) in [5.41, 5.74) is 4.11. The summed E-state index contributed by atoms with van der Waals surface area (Å²) in [6.07, 6.45) is 3.86. The Hall–Kier alpha value is -2.62. The molecule has 0 unspecified atom stereocenters. The largest absolute Gasteiger partial charge is 0.378 e. The summed E-state index contributed by atoms with van der Waals surface area (Å²) in [6, 6.07) is 16.2. The summed E-state index contributed by atoms with van der Waals surface area (Å²) < 4.78 is 0. The van der Waals surface area contributed by atoms with Crippen LogP contribution in [-0.2, 0) is 0 Å². The zero-order valence-electron chi connectivity index (χ0n) is 11.6. The molecule has 0 N–H and O–H groups in total. The molecule has 20 heavy (non-hydrogen) atoms. The Morgan fingerprint density at radius 1 is 0.900 bits per heavy atom. The molecular formula is C16H16N4. The van der Waals surface area contributed by atoms with E-state index in [1.165, 1.54) is 5.69 Å². The molecule has 0 radical (unpaired) electrons. The first-order valence-electron chi connectivity index (χ1n) is 6.49. The summed E-state index contributed by atoms with van der Waals surface area (Å²) >= 11 is 0. The maximum atomic E-state index is 4.38. The van der Waals surface area contributed by atoms with Gasteiger partial charge in [0.2, 0.25) is 0 Å². The second kappa shape index (κ2) is 5.17. The van der Waals surface area contributed by atoms with Crippen molar-refractivity contribution in [3.05, 3.63) is 54.1 Å². The lowest BCUT2D eigenvalue weighted by molar-refractivity contribution is 0.814. The number of nitrogens with zero attached hydrogens (tertiary/aromatic N) is 4. The minimum atomic E-state index is 0.903. The smallest absolute Gasteiger partial charge is 0.113 e. The van der Waals surface area contributed by atoms with Crippen LogP contribution in [0.4, 0.5) is 5.69 Å². The highest BCUT2D eigenvalue weighted by Gasteiger charge is 1.98. The van der Waals surface area contributed by atoms with Gasteiger partial charge in [-0.1, -0.05) is 24.3 Å². The molecule has 0 saturated heterocycles. The molecule has 3 aromatic rings. The first-order valence-corrected chi connectivity index (χ1v) is 6.49. The number of benzene rings is 2. The van der Waals surface area contributed by atoms with E-state index in [9.17, 15) is 0 Å². The second-order valence-electron chi connectivity index (χ2n) is 4.81. The van der Waals surface area contributed by atoms with E-state index in [0.717, 1.165) is 16.6 Å². The average molecular weight is 264 g/mol. The highest BCUT2D eigenvalue weighted by Crippen LogP contribution is 2.13. The van der Waals surface area contributed by atoms with E-state index >= 15 is 0 Å². The van der Waals surface area contributed by atoms with Crippen molar-refractivity contribution in [3.8, 4) is 0 Å². The Labute approximate surface area is 117 Å². The lowest BCUT2D eigenvalue weighted by Gasteiger charge is -2.11. The fraction of sp³-hybridized carbons (Fsp3) is 0.125. The lowest BCUT2D eigenvalue weighted by atomic mass is 10.2.